The largest absolute Gasteiger partial charge is 0.370 e. The van der Waals surface area contributed by atoms with Crippen LogP contribution in [0, 0.1) is 11.6 Å². The van der Waals surface area contributed by atoms with Gasteiger partial charge in [-0.2, -0.15) is 0 Å². The SMILES string of the molecule is CC(C)N1C(N)=NCC1c1c(F)cccc1F. The molecular weight excluding hydrogens is 224 g/mol. The van der Waals surface area contributed by atoms with Crippen molar-refractivity contribution in [2.24, 2.45) is 10.7 Å². The van der Waals surface area contributed by atoms with Crippen molar-refractivity contribution in [1.29, 1.82) is 0 Å². The van der Waals surface area contributed by atoms with Crippen molar-refractivity contribution in [3.05, 3.63) is 35.4 Å². The molecular formula is C12H15F2N3. The van der Waals surface area contributed by atoms with Gasteiger partial charge in [0, 0.05) is 11.6 Å². The van der Waals surface area contributed by atoms with Gasteiger partial charge in [0.15, 0.2) is 5.96 Å². The number of nitrogens with two attached hydrogens (primary N) is 1. The fraction of sp³-hybridized carbons (Fsp3) is 0.417. The highest BCUT2D eigenvalue weighted by Gasteiger charge is 2.33. The van der Waals surface area contributed by atoms with E-state index in [0.717, 1.165) is 0 Å². The van der Waals surface area contributed by atoms with E-state index in [4.69, 9.17) is 5.73 Å². The van der Waals surface area contributed by atoms with Crippen LogP contribution in [0.15, 0.2) is 23.2 Å². The Labute approximate surface area is 98.9 Å². The van der Waals surface area contributed by atoms with Crippen LogP contribution >= 0.6 is 0 Å². The zero-order valence-corrected chi connectivity index (χ0v) is 9.82. The minimum absolute atomic E-state index is 0.0465. The van der Waals surface area contributed by atoms with Crippen LogP contribution in [-0.2, 0) is 0 Å². The zero-order chi connectivity index (χ0) is 12.6. The number of aliphatic imine (C=N–C) groups is 1. The third kappa shape index (κ3) is 1.97. The summed E-state index contributed by atoms with van der Waals surface area (Å²) in [5.74, 6) is -0.760. The first kappa shape index (κ1) is 11.8. The molecule has 1 aromatic rings. The van der Waals surface area contributed by atoms with Gasteiger partial charge in [-0.25, -0.2) is 8.78 Å². The minimum atomic E-state index is -0.550. The van der Waals surface area contributed by atoms with Gasteiger partial charge >= 0.3 is 0 Å². The standard InChI is InChI=1S/C12H15F2N3/c1-7(2)17-10(6-16-12(17)15)11-8(13)4-3-5-9(11)14/h3-5,7,10H,6H2,1-2H3,(H2,15,16). The third-order valence-electron chi connectivity index (χ3n) is 2.92. The molecule has 92 valence electrons. The van der Waals surface area contributed by atoms with Crippen molar-refractivity contribution < 1.29 is 8.78 Å². The second-order valence-electron chi connectivity index (χ2n) is 4.35. The maximum Gasteiger partial charge on any atom is 0.192 e. The van der Waals surface area contributed by atoms with Crippen LogP contribution in [-0.4, -0.2) is 23.4 Å². The van der Waals surface area contributed by atoms with E-state index >= 15 is 0 Å². The Morgan fingerprint density at radius 2 is 1.94 bits per heavy atom. The summed E-state index contributed by atoms with van der Waals surface area (Å²) < 4.78 is 27.4. The van der Waals surface area contributed by atoms with Crippen LogP contribution in [0.3, 0.4) is 0 Å². The Kier molecular flexibility index (Phi) is 3.00. The Morgan fingerprint density at radius 1 is 1.35 bits per heavy atom. The zero-order valence-electron chi connectivity index (χ0n) is 9.82. The predicted octanol–water partition coefficient (Wildman–Crippen LogP) is 2.04. The van der Waals surface area contributed by atoms with Crippen LogP contribution in [0.2, 0.25) is 0 Å². The molecule has 1 atom stereocenters. The normalized spacial score (nSPS) is 19.9. The van der Waals surface area contributed by atoms with Crippen LogP contribution in [0.5, 0.6) is 0 Å². The van der Waals surface area contributed by atoms with E-state index in [1.54, 1.807) is 4.90 Å². The lowest BCUT2D eigenvalue weighted by atomic mass is 10.0. The van der Waals surface area contributed by atoms with E-state index in [-0.39, 0.29) is 11.6 Å². The summed E-state index contributed by atoms with van der Waals surface area (Å²) in [7, 11) is 0. The minimum Gasteiger partial charge on any atom is -0.370 e. The fourth-order valence-electron chi connectivity index (χ4n) is 2.19. The summed E-state index contributed by atoms with van der Waals surface area (Å²) in [6.45, 7) is 4.13. The van der Waals surface area contributed by atoms with Crippen LogP contribution in [0.25, 0.3) is 0 Å². The summed E-state index contributed by atoms with van der Waals surface area (Å²) in [4.78, 5) is 5.80. The molecule has 0 spiro atoms. The smallest absolute Gasteiger partial charge is 0.192 e. The molecule has 1 aromatic carbocycles. The number of hydrogen-bond donors (Lipinski definition) is 1. The van der Waals surface area contributed by atoms with E-state index < -0.39 is 17.7 Å². The fourth-order valence-corrected chi connectivity index (χ4v) is 2.19. The van der Waals surface area contributed by atoms with Crippen molar-refractivity contribution in [1.82, 2.24) is 4.90 Å². The van der Waals surface area contributed by atoms with Crippen molar-refractivity contribution in [2.75, 3.05) is 6.54 Å². The summed E-state index contributed by atoms with van der Waals surface area (Å²) in [5.41, 5.74) is 5.79. The molecule has 0 saturated carbocycles. The Hall–Kier alpha value is -1.65. The van der Waals surface area contributed by atoms with Gasteiger partial charge in [0.25, 0.3) is 0 Å². The lowest BCUT2D eigenvalue weighted by Gasteiger charge is -2.30. The molecule has 0 radical (unpaired) electrons. The van der Waals surface area contributed by atoms with Gasteiger partial charge in [-0.3, -0.25) is 4.99 Å². The van der Waals surface area contributed by atoms with Gasteiger partial charge in [0.05, 0.1) is 12.6 Å². The second kappa shape index (κ2) is 4.31. The number of halogens is 2. The Balaban J connectivity index is 2.41. The predicted molar refractivity (Wildman–Crippen MR) is 62.6 cm³/mol. The third-order valence-corrected chi connectivity index (χ3v) is 2.92. The van der Waals surface area contributed by atoms with Gasteiger partial charge in [-0.1, -0.05) is 6.07 Å². The molecule has 0 saturated heterocycles. The highest BCUT2D eigenvalue weighted by molar-refractivity contribution is 5.80. The highest BCUT2D eigenvalue weighted by Crippen LogP contribution is 2.30. The topological polar surface area (TPSA) is 41.6 Å². The molecule has 0 bridgehead atoms. The van der Waals surface area contributed by atoms with E-state index in [1.165, 1.54) is 18.2 Å². The second-order valence-corrected chi connectivity index (χ2v) is 4.35. The number of nitrogens with zero attached hydrogens (tertiary/aromatic N) is 2. The lowest BCUT2D eigenvalue weighted by molar-refractivity contribution is 0.278. The van der Waals surface area contributed by atoms with Gasteiger partial charge < -0.3 is 10.6 Å². The molecule has 0 aliphatic carbocycles. The van der Waals surface area contributed by atoms with E-state index in [1.807, 2.05) is 13.8 Å². The lowest BCUT2D eigenvalue weighted by Crippen LogP contribution is -2.41. The van der Waals surface area contributed by atoms with Crippen molar-refractivity contribution in [2.45, 2.75) is 25.9 Å². The maximum absolute atomic E-state index is 13.7. The number of hydrogen-bond acceptors (Lipinski definition) is 3. The van der Waals surface area contributed by atoms with Gasteiger partial charge in [-0.15, -0.1) is 0 Å². The summed E-state index contributed by atoms with van der Waals surface area (Å²) in [6.07, 6.45) is 0. The monoisotopic (exact) mass is 239 g/mol. The number of rotatable bonds is 2. The molecule has 1 aliphatic heterocycles. The molecule has 1 heterocycles. The first-order chi connectivity index (χ1) is 8.02. The molecule has 3 nitrogen and oxygen atoms in total. The van der Waals surface area contributed by atoms with Crippen LogP contribution < -0.4 is 5.73 Å². The molecule has 5 heteroatoms. The van der Waals surface area contributed by atoms with Crippen molar-refractivity contribution >= 4 is 5.96 Å². The molecule has 1 unspecified atom stereocenters. The van der Waals surface area contributed by atoms with E-state index in [0.29, 0.717) is 12.5 Å². The number of guanidine groups is 1. The molecule has 2 rings (SSSR count). The van der Waals surface area contributed by atoms with E-state index in [2.05, 4.69) is 4.99 Å². The van der Waals surface area contributed by atoms with Crippen molar-refractivity contribution in [3.63, 3.8) is 0 Å². The Morgan fingerprint density at radius 3 is 2.47 bits per heavy atom. The quantitative estimate of drug-likeness (QED) is 0.858. The van der Waals surface area contributed by atoms with Gasteiger partial charge in [-0.05, 0) is 26.0 Å². The number of benzene rings is 1. The van der Waals surface area contributed by atoms with Gasteiger partial charge in [0.1, 0.15) is 11.6 Å². The first-order valence-corrected chi connectivity index (χ1v) is 5.54. The maximum atomic E-state index is 13.7. The van der Waals surface area contributed by atoms with Crippen LogP contribution in [0.1, 0.15) is 25.5 Å². The van der Waals surface area contributed by atoms with Gasteiger partial charge in [0.2, 0.25) is 0 Å². The molecule has 0 aromatic heterocycles. The molecule has 1 aliphatic rings. The average molecular weight is 239 g/mol. The van der Waals surface area contributed by atoms with Crippen molar-refractivity contribution in [3.8, 4) is 0 Å². The summed E-state index contributed by atoms with van der Waals surface area (Å²) in [5, 5.41) is 0. The Bertz CT molecular complexity index is 437. The average Bonchev–Trinajstić information content (AvgIpc) is 2.60. The molecule has 17 heavy (non-hydrogen) atoms. The first-order valence-electron chi connectivity index (χ1n) is 5.54. The summed E-state index contributed by atoms with van der Waals surface area (Å²) >= 11 is 0. The molecule has 0 fully saturated rings. The molecule has 2 N–H and O–H groups in total. The summed E-state index contributed by atoms with van der Waals surface area (Å²) in [6, 6.07) is 3.46. The molecule has 0 amide bonds. The van der Waals surface area contributed by atoms with E-state index in [9.17, 15) is 8.78 Å². The van der Waals surface area contributed by atoms with Crippen LogP contribution in [0.4, 0.5) is 8.78 Å². The highest BCUT2D eigenvalue weighted by atomic mass is 19.1.